The highest BCUT2D eigenvalue weighted by Crippen LogP contribution is 2.36. The third-order valence-corrected chi connectivity index (χ3v) is 7.03. The van der Waals surface area contributed by atoms with E-state index in [2.05, 4.69) is 17.0 Å². The van der Waals surface area contributed by atoms with E-state index in [0.717, 1.165) is 44.6 Å². The van der Waals surface area contributed by atoms with Gasteiger partial charge in [0.1, 0.15) is 12.3 Å². The standard InChI is InChI=1S/C25H34ClN5O3/c1-20-15-27-31(16-20)17-24(33)30-8-4-7-25(18-30,19-34-22-6-3-5-21(26)13-22)14-23(32)29-11-9-28(2)10-12-29/h3,5-6,13,15-16H,4,7-12,14,17-19H2,1-2H3/t25-/m0/s1. The van der Waals surface area contributed by atoms with Crippen LogP contribution in [0.15, 0.2) is 36.7 Å². The van der Waals surface area contributed by atoms with Crippen molar-refractivity contribution in [2.75, 3.05) is 52.9 Å². The van der Waals surface area contributed by atoms with Gasteiger partial charge in [0.15, 0.2) is 0 Å². The molecule has 184 valence electrons. The lowest BCUT2D eigenvalue weighted by Gasteiger charge is -2.43. The molecule has 0 radical (unpaired) electrons. The maximum Gasteiger partial charge on any atom is 0.244 e. The summed E-state index contributed by atoms with van der Waals surface area (Å²) >= 11 is 6.14. The third kappa shape index (κ3) is 6.30. The molecule has 1 aromatic carbocycles. The largest absolute Gasteiger partial charge is 0.493 e. The van der Waals surface area contributed by atoms with Gasteiger partial charge in [0.2, 0.25) is 11.8 Å². The van der Waals surface area contributed by atoms with E-state index in [1.165, 1.54) is 0 Å². The second kappa shape index (κ2) is 10.8. The van der Waals surface area contributed by atoms with Gasteiger partial charge in [-0.05, 0) is 50.6 Å². The first-order valence-corrected chi connectivity index (χ1v) is 12.3. The molecule has 0 aliphatic carbocycles. The number of halogens is 1. The van der Waals surface area contributed by atoms with Crippen LogP contribution in [-0.2, 0) is 16.1 Å². The number of piperidine rings is 1. The number of benzene rings is 1. The maximum absolute atomic E-state index is 13.3. The van der Waals surface area contributed by atoms with Crippen LogP contribution in [-0.4, -0.2) is 89.2 Å². The number of aromatic nitrogens is 2. The molecular formula is C25H34ClN5O3. The van der Waals surface area contributed by atoms with E-state index in [9.17, 15) is 9.59 Å². The third-order valence-electron chi connectivity index (χ3n) is 6.80. The quantitative estimate of drug-likeness (QED) is 0.600. The predicted octanol–water partition coefficient (Wildman–Crippen LogP) is 2.70. The zero-order valence-electron chi connectivity index (χ0n) is 20.1. The van der Waals surface area contributed by atoms with Crippen LogP contribution in [0.3, 0.4) is 0 Å². The Hall–Kier alpha value is -2.58. The van der Waals surface area contributed by atoms with Crippen LogP contribution in [0.4, 0.5) is 0 Å². The average Bonchev–Trinajstić information content (AvgIpc) is 3.23. The summed E-state index contributed by atoms with van der Waals surface area (Å²) in [6.07, 6.45) is 5.65. The molecule has 0 bridgehead atoms. The molecule has 3 heterocycles. The lowest BCUT2D eigenvalue weighted by atomic mass is 9.77. The van der Waals surface area contributed by atoms with E-state index < -0.39 is 5.41 Å². The van der Waals surface area contributed by atoms with Crippen LogP contribution in [0, 0.1) is 12.3 Å². The molecule has 0 unspecified atom stereocenters. The number of amides is 2. The van der Waals surface area contributed by atoms with Crippen molar-refractivity contribution in [3.05, 3.63) is 47.2 Å². The first kappa shape index (κ1) is 24.5. The molecule has 1 aromatic heterocycles. The molecule has 2 saturated heterocycles. The summed E-state index contributed by atoms with van der Waals surface area (Å²) in [7, 11) is 2.08. The van der Waals surface area contributed by atoms with Crippen molar-refractivity contribution in [3.8, 4) is 5.75 Å². The lowest BCUT2D eigenvalue weighted by Crippen LogP contribution is -2.53. The van der Waals surface area contributed by atoms with Crippen LogP contribution in [0.1, 0.15) is 24.8 Å². The minimum absolute atomic E-state index is 0.0157. The Labute approximate surface area is 206 Å². The van der Waals surface area contributed by atoms with E-state index in [0.29, 0.717) is 36.9 Å². The molecule has 2 aromatic rings. The fourth-order valence-electron chi connectivity index (χ4n) is 4.81. The number of aryl methyl sites for hydroxylation is 1. The molecule has 1 atom stereocenters. The van der Waals surface area contributed by atoms with Crippen molar-refractivity contribution in [2.45, 2.75) is 32.7 Å². The molecule has 34 heavy (non-hydrogen) atoms. The highest BCUT2D eigenvalue weighted by molar-refractivity contribution is 6.30. The number of carbonyl (C=O) groups excluding carboxylic acids is 2. The number of ether oxygens (including phenoxy) is 1. The van der Waals surface area contributed by atoms with Crippen molar-refractivity contribution in [1.29, 1.82) is 0 Å². The van der Waals surface area contributed by atoms with Crippen LogP contribution >= 0.6 is 11.6 Å². The van der Waals surface area contributed by atoms with E-state index in [1.807, 2.05) is 35.1 Å². The molecule has 0 saturated carbocycles. The van der Waals surface area contributed by atoms with Gasteiger partial charge in [-0.3, -0.25) is 14.3 Å². The maximum atomic E-state index is 13.3. The average molecular weight is 488 g/mol. The summed E-state index contributed by atoms with van der Waals surface area (Å²) in [6, 6.07) is 7.30. The van der Waals surface area contributed by atoms with Gasteiger partial charge in [0.25, 0.3) is 0 Å². The van der Waals surface area contributed by atoms with Gasteiger partial charge in [-0.15, -0.1) is 0 Å². The zero-order chi connectivity index (χ0) is 24.1. The van der Waals surface area contributed by atoms with Gasteiger partial charge in [-0.25, -0.2) is 0 Å². The molecule has 4 rings (SSSR count). The van der Waals surface area contributed by atoms with E-state index in [1.54, 1.807) is 23.0 Å². The van der Waals surface area contributed by atoms with Gasteiger partial charge in [-0.1, -0.05) is 17.7 Å². The predicted molar refractivity (Wildman–Crippen MR) is 131 cm³/mol. The van der Waals surface area contributed by atoms with E-state index in [-0.39, 0.29) is 18.4 Å². The van der Waals surface area contributed by atoms with Crippen molar-refractivity contribution in [3.63, 3.8) is 0 Å². The Bertz CT molecular complexity index is 1000. The van der Waals surface area contributed by atoms with Gasteiger partial charge in [0, 0.05) is 62.3 Å². The first-order chi connectivity index (χ1) is 16.3. The monoisotopic (exact) mass is 487 g/mol. The van der Waals surface area contributed by atoms with E-state index in [4.69, 9.17) is 16.3 Å². The summed E-state index contributed by atoms with van der Waals surface area (Å²) in [6.45, 7) is 6.92. The van der Waals surface area contributed by atoms with Gasteiger partial charge >= 0.3 is 0 Å². The number of rotatable bonds is 7. The fraction of sp³-hybridized carbons (Fsp3) is 0.560. The second-order valence-electron chi connectivity index (χ2n) is 9.74. The topological polar surface area (TPSA) is 70.9 Å². The summed E-state index contributed by atoms with van der Waals surface area (Å²) in [4.78, 5) is 32.5. The molecule has 9 heteroatoms. The number of likely N-dealkylation sites (N-methyl/N-ethyl adjacent to an activating group) is 1. The minimum atomic E-state index is -0.448. The van der Waals surface area contributed by atoms with Crippen molar-refractivity contribution in [1.82, 2.24) is 24.5 Å². The number of piperazine rings is 1. The summed E-state index contributed by atoms with van der Waals surface area (Å²) < 4.78 is 7.84. The van der Waals surface area contributed by atoms with Crippen molar-refractivity contribution >= 4 is 23.4 Å². The van der Waals surface area contributed by atoms with Crippen molar-refractivity contribution < 1.29 is 14.3 Å². The first-order valence-electron chi connectivity index (χ1n) is 11.9. The van der Waals surface area contributed by atoms with Crippen LogP contribution in [0.5, 0.6) is 5.75 Å². The van der Waals surface area contributed by atoms with Gasteiger partial charge < -0.3 is 19.4 Å². The minimum Gasteiger partial charge on any atom is -0.493 e. The number of nitrogens with zero attached hydrogens (tertiary/aromatic N) is 5. The molecule has 0 N–H and O–H groups in total. The second-order valence-corrected chi connectivity index (χ2v) is 10.2. The van der Waals surface area contributed by atoms with Crippen LogP contribution in [0.25, 0.3) is 0 Å². The highest BCUT2D eigenvalue weighted by atomic mass is 35.5. The Kier molecular flexibility index (Phi) is 7.78. The van der Waals surface area contributed by atoms with E-state index >= 15 is 0 Å². The SMILES string of the molecule is Cc1cnn(CC(=O)N2CCC[C@](COc3cccc(Cl)c3)(CC(=O)N3CCN(C)CC3)C2)c1. The van der Waals surface area contributed by atoms with Crippen molar-refractivity contribution in [2.24, 2.45) is 5.41 Å². The molecule has 2 fully saturated rings. The van der Waals surface area contributed by atoms with Crippen LogP contribution in [0.2, 0.25) is 5.02 Å². The summed E-state index contributed by atoms with van der Waals surface area (Å²) in [5.41, 5.74) is 0.574. The number of hydrogen-bond donors (Lipinski definition) is 0. The Balaban J connectivity index is 1.48. The Morgan fingerprint density at radius 3 is 2.62 bits per heavy atom. The number of carbonyl (C=O) groups is 2. The zero-order valence-corrected chi connectivity index (χ0v) is 20.8. The lowest BCUT2D eigenvalue weighted by molar-refractivity contribution is -0.142. The Morgan fingerprint density at radius 2 is 1.91 bits per heavy atom. The Morgan fingerprint density at radius 1 is 1.12 bits per heavy atom. The molecule has 8 nitrogen and oxygen atoms in total. The highest BCUT2D eigenvalue weighted by Gasteiger charge is 2.41. The summed E-state index contributed by atoms with van der Waals surface area (Å²) in [5.74, 6) is 0.830. The molecule has 2 aliphatic rings. The van der Waals surface area contributed by atoms with Crippen LogP contribution < -0.4 is 4.74 Å². The fourth-order valence-corrected chi connectivity index (χ4v) is 4.99. The normalized spacial score (nSPS) is 21.5. The molecule has 0 spiro atoms. The van der Waals surface area contributed by atoms with Gasteiger partial charge in [-0.2, -0.15) is 5.10 Å². The smallest absolute Gasteiger partial charge is 0.244 e. The number of hydrogen-bond acceptors (Lipinski definition) is 5. The summed E-state index contributed by atoms with van der Waals surface area (Å²) in [5, 5.41) is 4.86. The van der Waals surface area contributed by atoms with Gasteiger partial charge in [0.05, 0.1) is 12.8 Å². The molecule has 2 aliphatic heterocycles. The molecular weight excluding hydrogens is 454 g/mol. The molecule has 2 amide bonds. The number of likely N-dealkylation sites (tertiary alicyclic amines) is 1.